The van der Waals surface area contributed by atoms with E-state index in [2.05, 4.69) is 5.32 Å². The molecule has 0 radical (unpaired) electrons. The molecule has 2 aliphatic rings. The molecule has 28 heavy (non-hydrogen) atoms. The van der Waals surface area contributed by atoms with Crippen LogP contribution in [0.3, 0.4) is 0 Å². The molecule has 2 aromatic rings. The van der Waals surface area contributed by atoms with Crippen molar-refractivity contribution in [3.63, 3.8) is 0 Å². The molecule has 1 aliphatic carbocycles. The van der Waals surface area contributed by atoms with Gasteiger partial charge in [0.05, 0.1) is 5.41 Å². The van der Waals surface area contributed by atoms with Crippen molar-refractivity contribution in [2.75, 3.05) is 13.1 Å². The van der Waals surface area contributed by atoms with Crippen molar-refractivity contribution in [2.24, 2.45) is 11.3 Å². The molecular weight excluding hydrogens is 379 g/mol. The lowest BCUT2D eigenvalue weighted by atomic mass is 9.73. The van der Waals surface area contributed by atoms with Crippen LogP contribution in [0.15, 0.2) is 48.5 Å². The van der Waals surface area contributed by atoms with Crippen LogP contribution in [0, 0.1) is 17.2 Å². The number of nitrogens with one attached hydrogen (secondary N) is 1. The Morgan fingerprint density at radius 3 is 2.46 bits per heavy atom. The van der Waals surface area contributed by atoms with Gasteiger partial charge in [-0.1, -0.05) is 35.9 Å². The van der Waals surface area contributed by atoms with Crippen molar-refractivity contribution in [1.82, 2.24) is 10.2 Å². The van der Waals surface area contributed by atoms with E-state index >= 15 is 0 Å². The van der Waals surface area contributed by atoms with E-state index in [1.807, 2.05) is 12.1 Å². The van der Waals surface area contributed by atoms with E-state index in [0.29, 0.717) is 30.1 Å². The minimum atomic E-state index is -0.661. The maximum absolute atomic E-state index is 13.4. The van der Waals surface area contributed by atoms with Crippen LogP contribution in [0.25, 0.3) is 0 Å². The third-order valence-corrected chi connectivity index (χ3v) is 5.76. The van der Waals surface area contributed by atoms with Crippen LogP contribution in [0.1, 0.15) is 24.0 Å². The SMILES string of the molecule is O=C(C1CC1)N1CC(Cc2ccc(Cl)cc2)(C(=O)NCc2cccc(F)c2)C1. The smallest absolute Gasteiger partial charge is 0.230 e. The first kappa shape index (κ1) is 18.9. The Labute approximate surface area is 168 Å². The molecule has 4 nitrogen and oxygen atoms in total. The molecule has 0 aromatic heterocycles. The molecule has 1 heterocycles. The van der Waals surface area contributed by atoms with Crippen LogP contribution in [0.2, 0.25) is 5.02 Å². The van der Waals surface area contributed by atoms with Gasteiger partial charge in [0.25, 0.3) is 0 Å². The zero-order valence-corrected chi connectivity index (χ0v) is 16.2. The van der Waals surface area contributed by atoms with Crippen molar-refractivity contribution < 1.29 is 14.0 Å². The number of likely N-dealkylation sites (tertiary alicyclic amines) is 1. The van der Waals surface area contributed by atoms with E-state index in [0.717, 1.165) is 18.4 Å². The number of carbonyl (C=O) groups excluding carboxylic acids is 2. The molecule has 2 fully saturated rings. The molecule has 1 N–H and O–H groups in total. The van der Waals surface area contributed by atoms with E-state index in [4.69, 9.17) is 11.6 Å². The highest BCUT2D eigenvalue weighted by atomic mass is 35.5. The molecule has 1 saturated heterocycles. The van der Waals surface area contributed by atoms with E-state index in [-0.39, 0.29) is 30.1 Å². The Balaban J connectivity index is 1.46. The molecule has 1 saturated carbocycles. The normalized spacial score (nSPS) is 17.7. The molecule has 4 rings (SSSR count). The molecule has 0 bridgehead atoms. The fourth-order valence-corrected chi connectivity index (χ4v) is 3.90. The summed E-state index contributed by atoms with van der Waals surface area (Å²) >= 11 is 5.97. The molecule has 0 unspecified atom stereocenters. The maximum atomic E-state index is 13.4. The molecule has 2 amide bonds. The average molecular weight is 401 g/mol. The highest BCUT2D eigenvalue weighted by Gasteiger charge is 2.52. The number of halogens is 2. The topological polar surface area (TPSA) is 49.4 Å². The summed E-state index contributed by atoms with van der Waals surface area (Å²) in [6, 6.07) is 13.6. The standard InChI is InChI=1S/C22H22ClFN2O2/c23-18-8-4-15(5-9-18)11-22(13-26(14-22)20(27)17-6-7-17)21(28)25-12-16-2-1-3-19(24)10-16/h1-5,8-10,17H,6-7,11-14H2,(H,25,28). The highest BCUT2D eigenvalue weighted by Crippen LogP contribution is 2.40. The summed E-state index contributed by atoms with van der Waals surface area (Å²) in [5.41, 5.74) is 1.05. The number of nitrogens with zero attached hydrogens (tertiary/aromatic N) is 1. The van der Waals surface area contributed by atoms with E-state index in [1.54, 1.807) is 29.2 Å². The number of rotatable bonds is 6. The van der Waals surface area contributed by atoms with Gasteiger partial charge in [0.15, 0.2) is 0 Å². The number of benzene rings is 2. The van der Waals surface area contributed by atoms with Gasteiger partial charge in [0, 0.05) is 30.6 Å². The lowest BCUT2D eigenvalue weighted by molar-refractivity contribution is -0.154. The second-order valence-corrected chi connectivity index (χ2v) is 8.30. The summed E-state index contributed by atoms with van der Waals surface area (Å²) < 4.78 is 13.4. The van der Waals surface area contributed by atoms with Crippen LogP contribution in [-0.4, -0.2) is 29.8 Å². The van der Waals surface area contributed by atoms with Crippen molar-refractivity contribution >= 4 is 23.4 Å². The van der Waals surface area contributed by atoms with Crippen molar-refractivity contribution in [2.45, 2.75) is 25.8 Å². The van der Waals surface area contributed by atoms with Crippen LogP contribution < -0.4 is 5.32 Å². The van der Waals surface area contributed by atoms with Gasteiger partial charge in [-0.25, -0.2) is 4.39 Å². The van der Waals surface area contributed by atoms with Crippen molar-refractivity contribution in [3.05, 3.63) is 70.5 Å². The first-order valence-corrected chi connectivity index (χ1v) is 9.89. The molecular formula is C22H22ClFN2O2. The van der Waals surface area contributed by atoms with Crippen LogP contribution in [0.5, 0.6) is 0 Å². The maximum Gasteiger partial charge on any atom is 0.230 e. The largest absolute Gasteiger partial charge is 0.351 e. The molecule has 0 spiro atoms. The predicted molar refractivity (Wildman–Crippen MR) is 105 cm³/mol. The van der Waals surface area contributed by atoms with Gasteiger partial charge in [-0.15, -0.1) is 0 Å². The third kappa shape index (κ3) is 4.04. The quantitative estimate of drug-likeness (QED) is 0.805. The fourth-order valence-electron chi connectivity index (χ4n) is 3.77. The average Bonchev–Trinajstić information content (AvgIpc) is 3.49. The summed E-state index contributed by atoms with van der Waals surface area (Å²) in [6.07, 6.45) is 2.43. The van der Waals surface area contributed by atoms with Gasteiger partial charge in [-0.2, -0.15) is 0 Å². The fraction of sp³-hybridized carbons (Fsp3) is 0.364. The number of hydrogen-bond acceptors (Lipinski definition) is 2. The molecule has 6 heteroatoms. The number of amides is 2. The molecule has 0 atom stereocenters. The monoisotopic (exact) mass is 400 g/mol. The summed E-state index contributed by atoms with van der Waals surface area (Å²) in [7, 11) is 0. The number of hydrogen-bond donors (Lipinski definition) is 1. The van der Waals surface area contributed by atoms with Gasteiger partial charge in [-0.3, -0.25) is 9.59 Å². The second kappa shape index (κ2) is 7.55. The minimum Gasteiger partial charge on any atom is -0.351 e. The Kier molecular flexibility index (Phi) is 5.11. The molecule has 146 valence electrons. The van der Waals surface area contributed by atoms with Gasteiger partial charge in [0.1, 0.15) is 5.82 Å². The van der Waals surface area contributed by atoms with Crippen LogP contribution in [-0.2, 0) is 22.6 Å². The van der Waals surface area contributed by atoms with Gasteiger partial charge in [-0.05, 0) is 54.7 Å². The van der Waals surface area contributed by atoms with E-state index in [9.17, 15) is 14.0 Å². The van der Waals surface area contributed by atoms with Gasteiger partial charge in [0.2, 0.25) is 11.8 Å². The first-order valence-electron chi connectivity index (χ1n) is 9.51. The summed E-state index contributed by atoms with van der Waals surface area (Å²) in [6.45, 7) is 1.09. The summed E-state index contributed by atoms with van der Waals surface area (Å²) in [5, 5.41) is 3.58. The lowest BCUT2D eigenvalue weighted by Crippen LogP contribution is -2.65. The number of carbonyl (C=O) groups is 2. The lowest BCUT2D eigenvalue weighted by Gasteiger charge is -2.49. The van der Waals surface area contributed by atoms with Crippen molar-refractivity contribution in [1.29, 1.82) is 0 Å². The predicted octanol–water partition coefficient (Wildman–Crippen LogP) is 3.58. The van der Waals surface area contributed by atoms with E-state index < -0.39 is 5.41 Å². The summed E-state index contributed by atoms with van der Waals surface area (Å²) in [5.74, 6) is -0.132. The second-order valence-electron chi connectivity index (χ2n) is 7.86. The van der Waals surface area contributed by atoms with Crippen LogP contribution in [0.4, 0.5) is 4.39 Å². The van der Waals surface area contributed by atoms with Gasteiger partial charge < -0.3 is 10.2 Å². The van der Waals surface area contributed by atoms with Crippen molar-refractivity contribution in [3.8, 4) is 0 Å². The zero-order chi connectivity index (χ0) is 19.7. The third-order valence-electron chi connectivity index (χ3n) is 5.50. The zero-order valence-electron chi connectivity index (χ0n) is 15.5. The summed E-state index contributed by atoms with van der Waals surface area (Å²) in [4.78, 5) is 27.2. The molecule has 1 aliphatic heterocycles. The Bertz CT molecular complexity index is 890. The van der Waals surface area contributed by atoms with Gasteiger partial charge >= 0.3 is 0 Å². The Hall–Kier alpha value is -2.40. The highest BCUT2D eigenvalue weighted by molar-refractivity contribution is 6.30. The minimum absolute atomic E-state index is 0.105. The van der Waals surface area contributed by atoms with E-state index in [1.165, 1.54) is 12.1 Å². The Morgan fingerprint density at radius 1 is 1.11 bits per heavy atom. The Morgan fingerprint density at radius 2 is 1.82 bits per heavy atom. The molecule has 2 aromatic carbocycles. The van der Waals surface area contributed by atoms with Crippen LogP contribution >= 0.6 is 11.6 Å². The first-order chi connectivity index (χ1) is 13.4.